The minimum Gasteiger partial charge on any atom is -0.465 e. The molecule has 0 aromatic rings. The maximum absolute atomic E-state index is 12.8. The van der Waals surface area contributed by atoms with Gasteiger partial charge in [0.1, 0.15) is 0 Å². The van der Waals surface area contributed by atoms with Gasteiger partial charge in [0.2, 0.25) is 0 Å². The number of alkyl halides is 5. The van der Waals surface area contributed by atoms with E-state index in [9.17, 15) is 31.5 Å². The zero-order chi connectivity index (χ0) is 18.3. The first-order valence-electron chi connectivity index (χ1n) is 7.27. The molecule has 0 heterocycles. The summed E-state index contributed by atoms with van der Waals surface area (Å²) in [5.41, 5.74) is -1.88. The Hall–Kier alpha value is -1.41. The number of carbonyl (C=O) groups is 2. The zero-order valence-electron chi connectivity index (χ0n) is 13.3. The molecule has 0 unspecified atom stereocenters. The molecule has 0 aromatic heterocycles. The molecule has 0 rings (SSSR count). The number of halogens is 5. The molecule has 0 saturated heterocycles. The van der Waals surface area contributed by atoms with Crippen LogP contribution in [0.5, 0.6) is 0 Å². The monoisotopic (exact) mass is 348 g/mol. The first kappa shape index (κ1) is 21.6. The fourth-order valence-electron chi connectivity index (χ4n) is 1.73. The van der Waals surface area contributed by atoms with Crippen LogP contribution in [0.15, 0.2) is 0 Å². The maximum Gasteiger partial charge on any atom is 0.456 e. The van der Waals surface area contributed by atoms with Gasteiger partial charge in [0.05, 0.1) is 6.61 Å². The summed E-state index contributed by atoms with van der Waals surface area (Å²) in [5, 5.41) is 0. The van der Waals surface area contributed by atoms with Crippen LogP contribution in [-0.2, 0) is 19.1 Å². The van der Waals surface area contributed by atoms with Gasteiger partial charge >= 0.3 is 24.0 Å². The second-order valence-corrected chi connectivity index (χ2v) is 5.06. The summed E-state index contributed by atoms with van der Waals surface area (Å²) in [5.74, 6) is -7.59. The van der Waals surface area contributed by atoms with Crippen LogP contribution < -0.4 is 0 Å². The Labute approximate surface area is 131 Å². The van der Waals surface area contributed by atoms with Gasteiger partial charge in [-0.3, -0.25) is 9.59 Å². The molecule has 9 heteroatoms. The molecule has 0 saturated carbocycles. The molecule has 0 bridgehead atoms. The molecule has 0 aliphatic heterocycles. The van der Waals surface area contributed by atoms with E-state index in [1.807, 2.05) is 6.92 Å². The van der Waals surface area contributed by atoms with Crippen LogP contribution in [0.1, 0.15) is 46.5 Å². The molecule has 0 aromatic carbocycles. The first-order valence-corrected chi connectivity index (χ1v) is 7.27. The van der Waals surface area contributed by atoms with E-state index in [1.54, 1.807) is 0 Å². The standard InChI is InChI=1S/C14H21F5O4/c1-4-7-8-22-10(20)12(5-2,6-3)11(21)23-9-13(15,16)14(17,18)19/h4-9H2,1-3H3. The van der Waals surface area contributed by atoms with Crippen LogP contribution in [0.25, 0.3) is 0 Å². The van der Waals surface area contributed by atoms with Gasteiger partial charge in [0.25, 0.3) is 0 Å². The first-order chi connectivity index (χ1) is 10.5. The van der Waals surface area contributed by atoms with Crippen LogP contribution in [-0.4, -0.2) is 37.3 Å². The highest BCUT2D eigenvalue weighted by Gasteiger charge is 2.59. The third-order valence-corrected chi connectivity index (χ3v) is 3.52. The average molecular weight is 348 g/mol. The van der Waals surface area contributed by atoms with Gasteiger partial charge < -0.3 is 9.47 Å². The topological polar surface area (TPSA) is 52.6 Å². The molecule has 0 N–H and O–H groups in total. The fraction of sp³-hybridized carbons (Fsp3) is 0.857. The Morgan fingerprint density at radius 1 is 0.870 bits per heavy atom. The van der Waals surface area contributed by atoms with Gasteiger partial charge in [-0.15, -0.1) is 0 Å². The van der Waals surface area contributed by atoms with Gasteiger partial charge in [-0.2, -0.15) is 22.0 Å². The van der Waals surface area contributed by atoms with Crippen molar-refractivity contribution in [2.75, 3.05) is 13.2 Å². The molecule has 0 aliphatic rings. The lowest BCUT2D eigenvalue weighted by Crippen LogP contribution is -2.46. The van der Waals surface area contributed by atoms with Crippen molar-refractivity contribution in [2.24, 2.45) is 5.41 Å². The normalized spacial score (nSPS) is 12.9. The van der Waals surface area contributed by atoms with E-state index in [4.69, 9.17) is 4.74 Å². The maximum atomic E-state index is 12.8. The van der Waals surface area contributed by atoms with Gasteiger partial charge in [-0.1, -0.05) is 27.2 Å². The number of hydrogen-bond donors (Lipinski definition) is 0. The van der Waals surface area contributed by atoms with Crippen molar-refractivity contribution in [3.05, 3.63) is 0 Å². The lowest BCUT2D eigenvalue weighted by Gasteiger charge is -2.28. The molecule has 0 spiro atoms. The predicted molar refractivity (Wildman–Crippen MR) is 70.8 cm³/mol. The minimum atomic E-state index is -5.84. The smallest absolute Gasteiger partial charge is 0.456 e. The van der Waals surface area contributed by atoms with Crippen molar-refractivity contribution in [3.63, 3.8) is 0 Å². The quantitative estimate of drug-likeness (QED) is 0.275. The summed E-state index contributed by atoms with van der Waals surface area (Å²) in [6.07, 6.45) is -4.84. The number of esters is 2. The third kappa shape index (κ3) is 5.31. The van der Waals surface area contributed by atoms with E-state index in [-0.39, 0.29) is 19.4 Å². The Morgan fingerprint density at radius 3 is 1.74 bits per heavy atom. The van der Waals surface area contributed by atoms with Crippen molar-refractivity contribution in [3.8, 4) is 0 Å². The largest absolute Gasteiger partial charge is 0.465 e. The minimum absolute atomic E-state index is 0.0308. The Morgan fingerprint density at radius 2 is 1.35 bits per heavy atom. The van der Waals surface area contributed by atoms with E-state index >= 15 is 0 Å². The van der Waals surface area contributed by atoms with Crippen LogP contribution >= 0.6 is 0 Å². The summed E-state index contributed by atoms with van der Waals surface area (Å²) >= 11 is 0. The SMILES string of the molecule is CCCCOC(=O)C(CC)(CC)C(=O)OCC(F)(F)C(F)(F)F. The molecule has 136 valence electrons. The van der Waals surface area contributed by atoms with Crippen LogP contribution in [0, 0.1) is 5.41 Å². The summed E-state index contributed by atoms with van der Waals surface area (Å²) < 4.78 is 70.9. The van der Waals surface area contributed by atoms with Crippen molar-refractivity contribution in [1.82, 2.24) is 0 Å². The number of hydrogen-bond acceptors (Lipinski definition) is 4. The van der Waals surface area contributed by atoms with Crippen molar-refractivity contribution < 1.29 is 41.0 Å². The third-order valence-electron chi connectivity index (χ3n) is 3.52. The predicted octanol–water partition coefficient (Wildman–Crippen LogP) is 3.88. The van der Waals surface area contributed by atoms with E-state index in [1.165, 1.54) is 13.8 Å². The highest BCUT2D eigenvalue weighted by molar-refractivity contribution is 6.00. The van der Waals surface area contributed by atoms with Crippen molar-refractivity contribution >= 4 is 11.9 Å². The van der Waals surface area contributed by atoms with E-state index in [0.29, 0.717) is 6.42 Å². The summed E-state index contributed by atoms with van der Waals surface area (Å²) in [6.45, 7) is 2.55. The molecule has 0 amide bonds. The second kappa shape index (κ2) is 8.44. The molecule has 0 fully saturated rings. The van der Waals surface area contributed by atoms with Gasteiger partial charge in [0.15, 0.2) is 12.0 Å². The zero-order valence-corrected chi connectivity index (χ0v) is 13.3. The summed E-state index contributed by atoms with van der Waals surface area (Å²) in [4.78, 5) is 24.0. The second-order valence-electron chi connectivity index (χ2n) is 5.06. The Kier molecular flexibility index (Phi) is 7.93. The van der Waals surface area contributed by atoms with E-state index in [0.717, 1.165) is 6.42 Å². The summed E-state index contributed by atoms with van der Waals surface area (Å²) in [6, 6.07) is 0. The molecule has 0 atom stereocenters. The van der Waals surface area contributed by atoms with Crippen molar-refractivity contribution in [1.29, 1.82) is 0 Å². The Balaban J connectivity index is 5.02. The highest BCUT2D eigenvalue weighted by atomic mass is 19.4. The lowest BCUT2D eigenvalue weighted by molar-refractivity contribution is -0.295. The van der Waals surface area contributed by atoms with E-state index < -0.39 is 36.1 Å². The van der Waals surface area contributed by atoms with Crippen molar-refractivity contribution in [2.45, 2.75) is 58.6 Å². The number of unbranched alkanes of at least 4 members (excludes halogenated alkanes) is 1. The average Bonchev–Trinajstić information content (AvgIpc) is 2.46. The van der Waals surface area contributed by atoms with Crippen LogP contribution in [0.3, 0.4) is 0 Å². The molecule has 0 aliphatic carbocycles. The van der Waals surface area contributed by atoms with E-state index in [2.05, 4.69) is 4.74 Å². The molecule has 23 heavy (non-hydrogen) atoms. The van der Waals surface area contributed by atoms with Gasteiger partial charge in [-0.05, 0) is 19.3 Å². The highest BCUT2D eigenvalue weighted by Crippen LogP contribution is 2.37. The summed E-state index contributed by atoms with van der Waals surface area (Å²) in [7, 11) is 0. The number of carbonyl (C=O) groups excluding carboxylic acids is 2. The van der Waals surface area contributed by atoms with Crippen LogP contribution in [0.4, 0.5) is 22.0 Å². The lowest BCUT2D eigenvalue weighted by atomic mass is 9.82. The molecular formula is C14H21F5O4. The fourth-order valence-corrected chi connectivity index (χ4v) is 1.73. The molecular weight excluding hydrogens is 327 g/mol. The molecule has 4 nitrogen and oxygen atoms in total. The van der Waals surface area contributed by atoms with Gasteiger partial charge in [-0.25, -0.2) is 0 Å². The van der Waals surface area contributed by atoms with Gasteiger partial charge in [0, 0.05) is 0 Å². The Bertz CT molecular complexity index is 402. The number of rotatable bonds is 9. The van der Waals surface area contributed by atoms with Crippen LogP contribution in [0.2, 0.25) is 0 Å². The number of ether oxygens (including phenoxy) is 2. The molecule has 0 radical (unpaired) electrons.